The predicted octanol–water partition coefficient (Wildman–Crippen LogP) is 0.617. The largest absolute Gasteiger partial charge is 0.350 e. The Morgan fingerprint density at radius 3 is 2.42 bits per heavy atom. The van der Waals surface area contributed by atoms with Gasteiger partial charge >= 0.3 is 0 Å². The Morgan fingerprint density at radius 2 is 1.75 bits per heavy atom. The van der Waals surface area contributed by atoms with Crippen molar-refractivity contribution in [3.05, 3.63) is 0 Å². The van der Waals surface area contributed by atoms with E-state index < -0.39 is 18.3 Å². The molecule has 9 heteroatoms. The first-order chi connectivity index (χ1) is 17.3. The molecule has 1 spiro atoms. The maximum absolute atomic E-state index is 14.6. The second-order valence-electron chi connectivity index (χ2n) is 12.8. The fourth-order valence-corrected chi connectivity index (χ4v) is 7.92. The zero-order valence-corrected chi connectivity index (χ0v) is 22.3. The summed E-state index contributed by atoms with van der Waals surface area (Å²) in [7, 11) is 2.19. The van der Waals surface area contributed by atoms with Crippen LogP contribution in [0.5, 0.6) is 0 Å². The number of hydrogen-bond donors (Lipinski definition) is 5. The van der Waals surface area contributed by atoms with Crippen LogP contribution in [0.3, 0.4) is 0 Å². The third-order valence-electron chi connectivity index (χ3n) is 10.2. The van der Waals surface area contributed by atoms with Crippen molar-refractivity contribution in [3.63, 3.8) is 0 Å². The van der Waals surface area contributed by atoms with Crippen LogP contribution in [0.2, 0.25) is 0 Å². The van der Waals surface area contributed by atoms with Gasteiger partial charge in [-0.2, -0.15) is 0 Å². The third kappa shape index (κ3) is 6.07. The van der Waals surface area contributed by atoms with E-state index in [-0.39, 0.29) is 30.0 Å². The van der Waals surface area contributed by atoms with Crippen molar-refractivity contribution in [3.8, 4) is 0 Å². The van der Waals surface area contributed by atoms with Crippen LogP contribution in [0.15, 0.2) is 0 Å². The van der Waals surface area contributed by atoms with Crippen LogP contribution < -0.4 is 27.4 Å². The molecule has 2 saturated carbocycles. The van der Waals surface area contributed by atoms with E-state index in [4.69, 9.17) is 11.5 Å². The number of carbonyl (C=O) groups is 1. The van der Waals surface area contributed by atoms with Crippen molar-refractivity contribution in [2.75, 3.05) is 52.9 Å². The van der Waals surface area contributed by atoms with Crippen molar-refractivity contribution < 1.29 is 9.18 Å². The summed E-state index contributed by atoms with van der Waals surface area (Å²) in [6.45, 7) is 6.29. The van der Waals surface area contributed by atoms with Crippen LogP contribution in [0.1, 0.15) is 57.8 Å². The summed E-state index contributed by atoms with van der Waals surface area (Å²) in [6, 6.07) is 0.177. The first-order valence-electron chi connectivity index (χ1n) is 14.7. The van der Waals surface area contributed by atoms with Gasteiger partial charge in [0.2, 0.25) is 5.91 Å². The molecule has 3 aliphatic heterocycles. The Hall–Kier alpha value is -0.840. The lowest BCUT2D eigenvalue weighted by Gasteiger charge is -2.48. The average molecular weight is 508 g/mol. The molecule has 3 heterocycles. The SMILES string of the molecule is CN1CCN(C2C(NC(=O)C(C(N)N)C3CC4(CCCC4)CCC(F)CN3)CNCC2C2CC2)CC1. The van der Waals surface area contributed by atoms with Gasteiger partial charge in [-0.3, -0.25) is 9.69 Å². The van der Waals surface area contributed by atoms with E-state index in [2.05, 4.69) is 32.8 Å². The Labute approximate surface area is 216 Å². The molecule has 5 rings (SSSR count). The number of carbonyl (C=O) groups excluding carboxylic acids is 1. The van der Waals surface area contributed by atoms with Crippen LogP contribution in [-0.4, -0.2) is 99.0 Å². The monoisotopic (exact) mass is 507 g/mol. The van der Waals surface area contributed by atoms with E-state index in [1.54, 1.807) is 0 Å². The zero-order chi connectivity index (χ0) is 25.3. The highest BCUT2D eigenvalue weighted by Crippen LogP contribution is 2.47. The standard InChI is InChI=1S/C27H50FN7O/c1-34-10-12-35(13-11-34)24-20(18-4-5-18)16-31-17-22(24)33-26(36)23(25(29)30)21-14-27(7-2-3-8-27)9-6-19(28)15-32-21/h18-25,31-32H,2-17,29-30H2,1H3,(H,33,36). The predicted molar refractivity (Wildman–Crippen MR) is 141 cm³/mol. The number of alkyl halides is 1. The van der Waals surface area contributed by atoms with Crippen molar-refractivity contribution in [2.45, 2.75) is 88.3 Å². The molecule has 6 atom stereocenters. The maximum Gasteiger partial charge on any atom is 0.227 e. The Balaban J connectivity index is 1.33. The van der Waals surface area contributed by atoms with E-state index in [0.29, 0.717) is 18.4 Å². The molecule has 1 amide bonds. The van der Waals surface area contributed by atoms with Crippen LogP contribution >= 0.6 is 0 Å². The van der Waals surface area contributed by atoms with Gasteiger partial charge in [0.1, 0.15) is 6.17 Å². The average Bonchev–Trinajstić information content (AvgIpc) is 3.59. The number of nitrogens with two attached hydrogens (primary N) is 2. The van der Waals surface area contributed by atoms with Gasteiger partial charge in [0.05, 0.1) is 18.1 Å². The fraction of sp³-hybridized carbons (Fsp3) is 0.963. The number of amides is 1. The number of halogens is 1. The highest BCUT2D eigenvalue weighted by atomic mass is 19.1. The number of piperidine rings is 1. The zero-order valence-electron chi connectivity index (χ0n) is 22.3. The van der Waals surface area contributed by atoms with Gasteiger partial charge in [0.15, 0.2) is 0 Å². The van der Waals surface area contributed by atoms with Crippen LogP contribution in [-0.2, 0) is 4.79 Å². The summed E-state index contributed by atoms with van der Waals surface area (Å²) in [5, 5.41) is 10.5. The molecule has 36 heavy (non-hydrogen) atoms. The summed E-state index contributed by atoms with van der Waals surface area (Å²) in [6.07, 6.45) is 7.92. The second-order valence-corrected chi connectivity index (χ2v) is 12.8. The molecule has 0 radical (unpaired) electrons. The lowest BCUT2D eigenvalue weighted by Crippen LogP contribution is -2.68. The number of hydrogen-bond acceptors (Lipinski definition) is 7. The molecule has 3 saturated heterocycles. The minimum Gasteiger partial charge on any atom is -0.350 e. The Bertz CT molecular complexity index is 736. The fourth-order valence-electron chi connectivity index (χ4n) is 7.92. The quantitative estimate of drug-likeness (QED) is 0.335. The normalized spacial score (nSPS) is 37.5. The van der Waals surface area contributed by atoms with Crippen molar-refractivity contribution >= 4 is 5.91 Å². The minimum absolute atomic E-state index is 0.0319. The van der Waals surface area contributed by atoms with E-state index >= 15 is 0 Å². The van der Waals surface area contributed by atoms with Gasteiger partial charge in [-0.1, -0.05) is 12.8 Å². The topological polar surface area (TPSA) is 112 Å². The first kappa shape index (κ1) is 26.8. The molecule has 0 aromatic heterocycles. The highest BCUT2D eigenvalue weighted by Gasteiger charge is 2.47. The van der Waals surface area contributed by atoms with E-state index in [1.165, 1.54) is 25.7 Å². The molecule has 8 nitrogen and oxygen atoms in total. The summed E-state index contributed by atoms with van der Waals surface area (Å²) in [4.78, 5) is 19.0. The number of likely N-dealkylation sites (N-methyl/N-ethyl adjacent to an activating group) is 1. The molecule has 206 valence electrons. The maximum atomic E-state index is 14.6. The molecular formula is C27H50FN7O. The number of piperazine rings is 1. The molecule has 0 bridgehead atoms. The van der Waals surface area contributed by atoms with Crippen molar-refractivity contribution in [1.29, 1.82) is 0 Å². The van der Waals surface area contributed by atoms with Gasteiger partial charge in [-0.05, 0) is 75.8 Å². The summed E-state index contributed by atoms with van der Waals surface area (Å²) in [5.41, 5.74) is 12.7. The van der Waals surface area contributed by atoms with E-state index in [0.717, 1.165) is 70.9 Å². The summed E-state index contributed by atoms with van der Waals surface area (Å²) in [5.74, 6) is 0.688. The third-order valence-corrected chi connectivity index (χ3v) is 10.2. The molecule has 5 fully saturated rings. The Morgan fingerprint density at radius 1 is 1.03 bits per heavy atom. The molecule has 0 aromatic rings. The van der Waals surface area contributed by atoms with Gasteiger partial charge in [-0.25, -0.2) is 4.39 Å². The van der Waals surface area contributed by atoms with Gasteiger partial charge in [0, 0.05) is 51.4 Å². The van der Waals surface area contributed by atoms with E-state index in [1.807, 2.05) is 0 Å². The Kier molecular flexibility index (Phi) is 8.54. The van der Waals surface area contributed by atoms with Crippen LogP contribution in [0.4, 0.5) is 4.39 Å². The van der Waals surface area contributed by atoms with Gasteiger partial charge in [-0.15, -0.1) is 0 Å². The van der Waals surface area contributed by atoms with Crippen molar-refractivity contribution in [1.82, 2.24) is 25.8 Å². The number of nitrogens with one attached hydrogen (secondary N) is 3. The lowest BCUT2D eigenvalue weighted by atomic mass is 9.72. The molecule has 7 N–H and O–H groups in total. The van der Waals surface area contributed by atoms with Gasteiger partial charge < -0.3 is 32.3 Å². The number of rotatable bonds is 6. The first-order valence-corrected chi connectivity index (χ1v) is 14.7. The highest BCUT2D eigenvalue weighted by molar-refractivity contribution is 5.80. The van der Waals surface area contributed by atoms with E-state index in [9.17, 15) is 9.18 Å². The lowest BCUT2D eigenvalue weighted by molar-refractivity contribution is -0.129. The summed E-state index contributed by atoms with van der Waals surface area (Å²) >= 11 is 0. The van der Waals surface area contributed by atoms with Gasteiger partial charge in [0.25, 0.3) is 0 Å². The second kappa shape index (κ2) is 11.5. The molecular weight excluding hydrogens is 457 g/mol. The van der Waals surface area contributed by atoms with Crippen molar-refractivity contribution in [2.24, 2.45) is 34.6 Å². The van der Waals surface area contributed by atoms with Crippen LogP contribution in [0.25, 0.3) is 0 Å². The molecule has 0 aromatic carbocycles. The summed E-state index contributed by atoms with van der Waals surface area (Å²) < 4.78 is 14.6. The molecule has 6 unspecified atom stereocenters. The smallest absolute Gasteiger partial charge is 0.227 e. The minimum atomic E-state index is -0.883. The number of nitrogens with zero attached hydrogens (tertiary/aromatic N) is 2. The molecule has 5 aliphatic rings. The van der Waals surface area contributed by atoms with Crippen LogP contribution in [0, 0.1) is 23.2 Å². The molecule has 2 aliphatic carbocycles.